The molecule has 10 heteroatoms. The smallest absolute Gasteiger partial charge is 0.341 e. The number of hydrogen-bond acceptors (Lipinski definition) is 7. The van der Waals surface area contributed by atoms with Gasteiger partial charge in [0.1, 0.15) is 5.00 Å². The first kappa shape index (κ1) is 21.7. The van der Waals surface area contributed by atoms with Crippen LogP contribution < -0.4 is 5.32 Å². The maximum absolute atomic E-state index is 12.7. The number of ether oxygens (including phenoxy) is 1. The molecule has 170 valence electrons. The first-order valence-electron chi connectivity index (χ1n) is 10.6. The van der Waals surface area contributed by atoms with Crippen molar-refractivity contribution in [2.45, 2.75) is 37.9 Å². The molecule has 3 heterocycles. The van der Waals surface area contributed by atoms with Crippen LogP contribution in [0.4, 0.5) is 5.00 Å². The number of aromatic amines is 1. The highest BCUT2D eigenvalue weighted by molar-refractivity contribution is 7.99. The van der Waals surface area contributed by atoms with Crippen LogP contribution in [-0.4, -0.2) is 44.5 Å². The standard InChI is InChI=1S/C23H23N5O3S2/c1-12-13(2)33-21(19(12)22(30)31-3)25-18(29)11-32-23-27-26-20(28(23)14-8-9-14)16-10-24-17-7-5-4-6-15(16)17/h4-7,10,14,24H,8-9,11H2,1-3H3,(H,25,29). The second-order valence-electron chi connectivity index (χ2n) is 7.97. The van der Waals surface area contributed by atoms with E-state index in [1.54, 1.807) is 0 Å². The number of H-pyrrole nitrogens is 1. The highest BCUT2D eigenvalue weighted by Crippen LogP contribution is 2.42. The van der Waals surface area contributed by atoms with Gasteiger partial charge in [0.05, 0.1) is 18.4 Å². The van der Waals surface area contributed by atoms with Crippen LogP contribution in [0, 0.1) is 13.8 Å². The topological polar surface area (TPSA) is 102 Å². The normalized spacial score (nSPS) is 13.4. The third kappa shape index (κ3) is 4.04. The van der Waals surface area contributed by atoms with E-state index < -0.39 is 5.97 Å². The molecule has 0 aliphatic heterocycles. The maximum atomic E-state index is 12.7. The minimum Gasteiger partial charge on any atom is -0.465 e. The van der Waals surface area contributed by atoms with E-state index in [1.165, 1.54) is 30.2 Å². The number of fused-ring (bicyclic) bond motifs is 1. The number of hydrogen-bond donors (Lipinski definition) is 2. The Kier molecular flexibility index (Phi) is 5.71. The molecule has 1 saturated carbocycles. The Morgan fingerprint density at radius 2 is 2.06 bits per heavy atom. The van der Waals surface area contributed by atoms with E-state index in [0.29, 0.717) is 16.6 Å². The van der Waals surface area contributed by atoms with Crippen molar-refractivity contribution in [3.8, 4) is 11.4 Å². The number of anilines is 1. The van der Waals surface area contributed by atoms with Gasteiger partial charge in [0, 0.05) is 33.6 Å². The number of esters is 1. The van der Waals surface area contributed by atoms with Crippen LogP contribution in [-0.2, 0) is 9.53 Å². The van der Waals surface area contributed by atoms with Crippen molar-refractivity contribution in [2.24, 2.45) is 0 Å². The summed E-state index contributed by atoms with van der Waals surface area (Å²) in [6.45, 7) is 3.77. The number of aromatic nitrogens is 4. The zero-order valence-electron chi connectivity index (χ0n) is 18.5. The predicted molar refractivity (Wildman–Crippen MR) is 130 cm³/mol. The molecule has 0 unspecified atom stereocenters. The first-order valence-corrected chi connectivity index (χ1v) is 12.4. The molecule has 0 bridgehead atoms. The van der Waals surface area contributed by atoms with Crippen LogP contribution >= 0.6 is 23.1 Å². The molecule has 4 aromatic rings. The molecule has 0 spiro atoms. The Morgan fingerprint density at radius 3 is 2.82 bits per heavy atom. The van der Waals surface area contributed by atoms with Crippen LogP contribution in [0.5, 0.6) is 0 Å². The molecule has 1 aromatic carbocycles. The monoisotopic (exact) mass is 481 g/mol. The third-order valence-corrected chi connectivity index (χ3v) is 7.83. The van der Waals surface area contributed by atoms with Crippen molar-refractivity contribution in [3.63, 3.8) is 0 Å². The number of carbonyl (C=O) groups is 2. The van der Waals surface area contributed by atoms with Crippen LogP contribution in [0.3, 0.4) is 0 Å². The fraction of sp³-hybridized carbons (Fsp3) is 0.304. The van der Waals surface area contributed by atoms with E-state index in [-0.39, 0.29) is 11.7 Å². The summed E-state index contributed by atoms with van der Waals surface area (Å²) >= 11 is 2.73. The van der Waals surface area contributed by atoms with Gasteiger partial charge in [-0.1, -0.05) is 30.0 Å². The largest absolute Gasteiger partial charge is 0.465 e. The van der Waals surface area contributed by atoms with Gasteiger partial charge in [0.25, 0.3) is 0 Å². The van der Waals surface area contributed by atoms with Crippen molar-refractivity contribution in [1.29, 1.82) is 0 Å². The predicted octanol–water partition coefficient (Wildman–Crippen LogP) is 4.96. The molecule has 0 radical (unpaired) electrons. The number of rotatable bonds is 7. The van der Waals surface area contributed by atoms with Gasteiger partial charge in [0.2, 0.25) is 5.91 Å². The lowest BCUT2D eigenvalue weighted by Gasteiger charge is -2.09. The zero-order chi connectivity index (χ0) is 23.1. The molecule has 0 atom stereocenters. The van der Waals surface area contributed by atoms with E-state index in [1.807, 2.05) is 38.2 Å². The van der Waals surface area contributed by atoms with Crippen LogP contribution in [0.15, 0.2) is 35.6 Å². The number of methoxy groups -OCH3 is 1. The van der Waals surface area contributed by atoms with Gasteiger partial charge in [-0.25, -0.2) is 4.79 Å². The third-order valence-electron chi connectivity index (χ3n) is 5.77. The molecule has 8 nitrogen and oxygen atoms in total. The van der Waals surface area contributed by atoms with Crippen molar-refractivity contribution < 1.29 is 14.3 Å². The van der Waals surface area contributed by atoms with E-state index in [0.717, 1.165) is 50.7 Å². The minimum absolute atomic E-state index is 0.162. The molecular formula is C23H23N5O3S2. The second kappa shape index (κ2) is 8.68. The lowest BCUT2D eigenvalue weighted by Crippen LogP contribution is -2.16. The molecule has 33 heavy (non-hydrogen) atoms. The van der Waals surface area contributed by atoms with Crippen molar-refractivity contribution >= 4 is 50.9 Å². The van der Waals surface area contributed by atoms with Gasteiger partial charge in [-0.2, -0.15) is 0 Å². The number of benzene rings is 1. The average molecular weight is 482 g/mol. The summed E-state index contributed by atoms with van der Waals surface area (Å²) in [5, 5.41) is 14.1. The summed E-state index contributed by atoms with van der Waals surface area (Å²) in [6, 6.07) is 8.46. The van der Waals surface area contributed by atoms with Crippen LogP contribution in [0.2, 0.25) is 0 Å². The SMILES string of the molecule is COC(=O)c1c(NC(=O)CSc2nnc(-c3c[nH]c4ccccc34)n2C2CC2)sc(C)c1C. The van der Waals surface area contributed by atoms with Gasteiger partial charge in [0.15, 0.2) is 11.0 Å². The van der Waals surface area contributed by atoms with Gasteiger partial charge in [-0.05, 0) is 38.3 Å². The van der Waals surface area contributed by atoms with Crippen molar-refractivity contribution in [2.75, 3.05) is 18.2 Å². The summed E-state index contributed by atoms with van der Waals surface area (Å²) in [6.07, 6.45) is 4.11. The first-order chi connectivity index (χ1) is 16.0. The average Bonchev–Trinajstić information content (AvgIpc) is 3.31. The summed E-state index contributed by atoms with van der Waals surface area (Å²) < 4.78 is 7.03. The van der Waals surface area contributed by atoms with Crippen molar-refractivity contribution in [1.82, 2.24) is 19.7 Å². The number of nitrogens with zero attached hydrogens (tertiary/aromatic N) is 3. The number of nitrogens with one attached hydrogen (secondary N) is 2. The fourth-order valence-electron chi connectivity index (χ4n) is 3.83. The Labute approximate surface area is 198 Å². The van der Waals surface area contributed by atoms with E-state index in [2.05, 4.69) is 31.1 Å². The quantitative estimate of drug-likeness (QED) is 0.286. The molecule has 1 aliphatic carbocycles. The Hall–Kier alpha value is -3.11. The van der Waals surface area contributed by atoms with Crippen molar-refractivity contribution in [3.05, 3.63) is 46.5 Å². The Bertz CT molecular complexity index is 1370. The van der Waals surface area contributed by atoms with Gasteiger partial charge in [-0.3, -0.25) is 9.36 Å². The molecule has 5 rings (SSSR count). The van der Waals surface area contributed by atoms with E-state index in [4.69, 9.17) is 4.74 Å². The van der Waals surface area contributed by atoms with Gasteiger partial charge < -0.3 is 15.0 Å². The highest BCUT2D eigenvalue weighted by atomic mass is 32.2. The fourth-order valence-corrected chi connectivity index (χ4v) is 5.70. The number of carbonyl (C=O) groups excluding carboxylic acids is 2. The maximum Gasteiger partial charge on any atom is 0.341 e. The lowest BCUT2D eigenvalue weighted by molar-refractivity contribution is -0.113. The van der Waals surface area contributed by atoms with Gasteiger partial charge in [-0.15, -0.1) is 21.5 Å². The Balaban J connectivity index is 1.36. The van der Waals surface area contributed by atoms with Gasteiger partial charge >= 0.3 is 5.97 Å². The second-order valence-corrected chi connectivity index (χ2v) is 10.1. The number of thiophene rings is 1. The summed E-state index contributed by atoms with van der Waals surface area (Å²) in [4.78, 5) is 29.2. The minimum atomic E-state index is -0.448. The lowest BCUT2D eigenvalue weighted by atomic mass is 10.1. The zero-order valence-corrected chi connectivity index (χ0v) is 20.1. The summed E-state index contributed by atoms with van der Waals surface area (Å²) in [5.74, 6) is 0.326. The molecule has 1 amide bonds. The van der Waals surface area contributed by atoms with Crippen LogP contribution in [0.25, 0.3) is 22.3 Å². The van der Waals surface area contributed by atoms with Crippen LogP contribution in [0.1, 0.15) is 39.7 Å². The molecule has 1 aliphatic rings. The van der Waals surface area contributed by atoms with E-state index in [9.17, 15) is 9.59 Å². The molecule has 3 aromatic heterocycles. The Morgan fingerprint density at radius 1 is 1.27 bits per heavy atom. The number of thioether (sulfide) groups is 1. The number of amides is 1. The summed E-state index contributed by atoms with van der Waals surface area (Å²) in [7, 11) is 1.34. The molecule has 1 fully saturated rings. The number of para-hydroxylation sites is 1. The molecule has 0 saturated heterocycles. The molecular weight excluding hydrogens is 458 g/mol. The molecule has 2 N–H and O–H groups in total. The highest BCUT2D eigenvalue weighted by Gasteiger charge is 2.31. The number of aryl methyl sites for hydroxylation is 1. The van der Waals surface area contributed by atoms with E-state index >= 15 is 0 Å². The summed E-state index contributed by atoms with van der Waals surface area (Å²) in [5.41, 5.74) is 3.30.